The van der Waals surface area contributed by atoms with E-state index in [1.165, 1.54) is 0 Å². The van der Waals surface area contributed by atoms with Gasteiger partial charge in [0.15, 0.2) is 5.69 Å². The summed E-state index contributed by atoms with van der Waals surface area (Å²) in [6, 6.07) is 11.3. The Morgan fingerprint density at radius 3 is 2.90 bits per heavy atom. The van der Waals surface area contributed by atoms with Crippen LogP contribution < -0.4 is 0 Å². The van der Waals surface area contributed by atoms with Crippen LogP contribution in [0.3, 0.4) is 0 Å². The van der Waals surface area contributed by atoms with E-state index in [-0.39, 0.29) is 6.10 Å². The van der Waals surface area contributed by atoms with Gasteiger partial charge >= 0.3 is 5.97 Å². The highest BCUT2D eigenvalue weighted by molar-refractivity contribution is 6.02. The molecule has 0 aliphatic rings. The van der Waals surface area contributed by atoms with E-state index < -0.39 is 5.97 Å². The summed E-state index contributed by atoms with van der Waals surface area (Å²) in [5.41, 5.74) is 0.348. The lowest BCUT2D eigenvalue weighted by molar-refractivity contribution is 0.0294. The fourth-order valence-corrected chi connectivity index (χ4v) is 2.23. The zero-order chi connectivity index (χ0) is 14.7. The fraction of sp³-hybridized carbons (Fsp3) is 0.188. The molecule has 1 atom stereocenters. The number of rotatable bonds is 4. The van der Waals surface area contributed by atoms with Gasteiger partial charge < -0.3 is 4.74 Å². The number of hydrogen-bond acceptors (Lipinski definition) is 4. The zero-order valence-corrected chi connectivity index (χ0v) is 11.6. The first-order valence-electron chi connectivity index (χ1n) is 6.76. The van der Waals surface area contributed by atoms with Crippen LogP contribution in [0.2, 0.25) is 0 Å². The van der Waals surface area contributed by atoms with Gasteiger partial charge in [0.1, 0.15) is 6.10 Å². The van der Waals surface area contributed by atoms with Crippen LogP contribution in [0.15, 0.2) is 55.0 Å². The summed E-state index contributed by atoms with van der Waals surface area (Å²) >= 11 is 0. The molecule has 2 aromatic heterocycles. The third kappa shape index (κ3) is 2.91. The lowest BCUT2D eigenvalue weighted by Crippen LogP contribution is -2.21. The maximum atomic E-state index is 12.3. The van der Waals surface area contributed by atoms with E-state index in [1.54, 1.807) is 17.1 Å². The van der Waals surface area contributed by atoms with E-state index in [0.29, 0.717) is 12.2 Å². The highest BCUT2D eigenvalue weighted by Gasteiger charge is 2.16. The van der Waals surface area contributed by atoms with E-state index in [1.807, 2.05) is 49.5 Å². The Hall–Kier alpha value is -2.69. The van der Waals surface area contributed by atoms with Gasteiger partial charge in [0.05, 0.1) is 6.54 Å². The molecule has 106 valence electrons. The molecule has 21 heavy (non-hydrogen) atoms. The summed E-state index contributed by atoms with van der Waals surface area (Å²) in [6.07, 6.45) is 4.87. The molecule has 3 aromatic rings. The third-order valence-corrected chi connectivity index (χ3v) is 3.18. The molecule has 5 heteroatoms. The smallest absolute Gasteiger partial charge is 0.357 e. The summed E-state index contributed by atoms with van der Waals surface area (Å²) < 4.78 is 7.19. The molecular weight excluding hydrogens is 266 g/mol. The first-order chi connectivity index (χ1) is 10.2. The van der Waals surface area contributed by atoms with Gasteiger partial charge in [-0.2, -0.15) is 5.10 Å². The molecule has 3 rings (SSSR count). The van der Waals surface area contributed by atoms with Crippen LogP contribution in [0.1, 0.15) is 17.4 Å². The second-order valence-corrected chi connectivity index (χ2v) is 4.82. The monoisotopic (exact) mass is 281 g/mol. The molecule has 0 spiro atoms. The van der Waals surface area contributed by atoms with E-state index in [2.05, 4.69) is 10.1 Å². The van der Waals surface area contributed by atoms with Crippen molar-refractivity contribution in [3.05, 3.63) is 60.7 Å². The number of fused-ring (bicyclic) bond motifs is 1. The number of carbonyl (C=O) groups is 1. The Balaban J connectivity index is 1.78. The minimum atomic E-state index is -0.411. The van der Waals surface area contributed by atoms with Crippen molar-refractivity contribution in [2.75, 3.05) is 0 Å². The van der Waals surface area contributed by atoms with E-state index in [0.717, 1.165) is 10.8 Å². The fourth-order valence-electron chi connectivity index (χ4n) is 2.23. The van der Waals surface area contributed by atoms with Crippen LogP contribution in [0.4, 0.5) is 0 Å². The topological polar surface area (TPSA) is 57.0 Å². The van der Waals surface area contributed by atoms with Gasteiger partial charge in [0, 0.05) is 24.0 Å². The normalized spacial score (nSPS) is 12.2. The van der Waals surface area contributed by atoms with Gasteiger partial charge in [-0.1, -0.05) is 24.3 Å². The van der Waals surface area contributed by atoms with Crippen molar-refractivity contribution in [3.63, 3.8) is 0 Å². The molecule has 0 fully saturated rings. The average Bonchev–Trinajstić information content (AvgIpc) is 2.99. The molecule has 0 radical (unpaired) electrons. The van der Waals surface area contributed by atoms with Crippen molar-refractivity contribution in [3.8, 4) is 0 Å². The Morgan fingerprint density at radius 1 is 1.24 bits per heavy atom. The molecule has 2 heterocycles. The highest BCUT2D eigenvalue weighted by Crippen LogP contribution is 2.17. The highest BCUT2D eigenvalue weighted by atomic mass is 16.5. The molecule has 5 nitrogen and oxygen atoms in total. The number of benzene rings is 1. The maximum absolute atomic E-state index is 12.3. The predicted molar refractivity (Wildman–Crippen MR) is 78.8 cm³/mol. The first-order valence-corrected chi connectivity index (χ1v) is 6.76. The zero-order valence-electron chi connectivity index (χ0n) is 11.6. The molecule has 0 saturated carbocycles. The second kappa shape index (κ2) is 5.75. The summed E-state index contributed by atoms with van der Waals surface area (Å²) in [6.45, 7) is 2.36. The lowest BCUT2D eigenvalue weighted by atomic mass is 10.1. The van der Waals surface area contributed by atoms with Crippen LogP contribution in [-0.4, -0.2) is 26.8 Å². The molecule has 0 aliphatic carbocycles. The Kier molecular flexibility index (Phi) is 3.64. The van der Waals surface area contributed by atoms with Crippen molar-refractivity contribution < 1.29 is 9.53 Å². The Labute approximate surface area is 122 Å². The predicted octanol–water partition coefficient (Wildman–Crippen LogP) is 2.68. The third-order valence-electron chi connectivity index (χ3n) is 3.18. The minimum absolute atomic E-state index is 0.279. The van der Waals surface area contributed by atoms with Crippen molar-refractivity contribution >= 4 is 16.7 Å². The van der Waals surface area contributed by atoms with Crippen LogP contribution >= 0.6 is 0 Å². The van der Waals surface area contributed by atoms with Crippen LogP contribution in [-0.2, 0) is 11.3 Å². The SMILES string of the molecule is C[C@@H](Cn1cccn1)OC(=O)c1nccc2ccccc12. The van der Waals surface area contributed by atoms with Gasteiger partial charge in [0.25, 0.3) is 0 Å². The van der Waals surface area contributed by atoms with Crippen LogP contribution in [0.25, 0.3) is 10.8 Å². The summed E-state index contributed by atoms with van der Waals surface area (Å²) in [4.78, 5) is 16.4. The standard InChI is InChI=1S/C16H15N3O2/c1-12(11-19-10-4-8-18-19)21-16(20)15-14-6-3-2-5-13(14)7-9-17-15/h2-10,12H,11H2,1H3/t12-/m0/s1. The van der Waals surface area contributed by atoms with Crippen LogP contribution in [0, 0.1) is 0 Å². The summed E-state index contributed by atoms with van der Waals surface area (Å²) in [5, 5.41) is 5.87. The van der Waals surface area contributed by atoms with Gasteiger partial charge in [-0.15, -0.1) is 0 Å². The number of nitrogens with zero attached hydrogens (tertiary/aromatic N) is 3. The van der Waals surface area contributed by atoms with Crippen molar-refractivity contribution in [2.24, 2.45) is 0 Å². The number of esters is 1. The molecule has 0 bridgehead atoms. The van der Waals surface area contributed by atoms with E-state index in [4.69, 9.17) is 4.74 Å². The van der Waals surface area contributed by atoms with Crippen LogP contribution in [0.5, 0.6) is 0 Å². The molecule has 0 unspecified atom stereocenters. The van der Waals surface area contributed by atoms with Crippen molar-refractivity contribution in [1.29, 1.82) is 0 Å². The number of aromatic nitrogens is 3. The number of pyridine rings is 1. The Morgan fingerprint density at radius 2 is 2.10 bits per heavy atom. The minimum Gasteiger partial charge on any atom is -0.456 e. The van der Waals surface area contributed by atoms with E-state index in [9.17, 15) is 4.79 Å². The molecule has 0 N–H and O–H groups in total. The molecule has 1 aromatic carbocycles. The second-order valence-electron chi connectivity index (χ2n) is 4.82. The summed E-state index contributed by atoms with van der Waals surface area (Å²) in [5.74, 6) is -0.411. The maximum Gasteiger partial charge on any atom is 0.357 e. The van der Waals surface area contributed by atoms with Gasteiger partial charge in [-0.25, -0.2) is 9.78 Å². The number of carbonyl (C=O) groups excluding carboxylic acids is 1. The van der Waals surface area contributed by atoms with Gasteiger partial charge in [-0.05, 0) is 24.4 Å². The van der Waals surface area contributed by atoms with Crippen molar-refractivity contribution in [1.82, 2.24) is 14.8 Å². The molecule has 0 saturated heterocycles. The van der Waals surface area contributed by atoms with E-state index >= 15 is 0 Å². The first kappa shape index (κ1) is 13.3. The summed E-state index contributed by atoms with van der Waals surface area (Å²) in [7, 11) is 0. The Bertz CT molecular complexity index is 748. The van der Waals surface area contributed by atoms with Crippen molar-refractivity contribution in [2.45, 2.75) is 19.6 Å². The molecule has 0 amide bonds. The molecule has 0 aliphatic heterocycles. The van der Waals surface area contributed by atoms with Gasteiger partial charge in [0.2, 0.25) is 0 Å². The largest absolute Gasteiger partial charge is 0.456 e. The quantitative estimate of drug-likeness (QED) is 0.690. The lowest BCUT2D eigenvalue weighted by Gasteiger charge is -2.13. The average molecular weight is 281 g/mol. The number of hydrogen-bond donors (Lipinski definition) is 0. The molecular formula is C16H15N3O2. The number of ether oxygens (including phenoxy) is 1. The van der Waals surface area contributed by atoms with Gasteiger partial charge in [-0.3, -0.25) is 4.68 Å².